The number of nitrogens with one attached hydrogen (secondary N) is 1. The topological polar surface area (TPSA) is 60.3 Å². The predicted molar refractivity (Wildman–Crippen MR) is 106 cm³/mol. The summed E-state index contributed by atoms with van der Waals surface area (Å²) in [7, 11) is 1.63. The average molecular weight is 362 g/mol. The van der Waals surface area contributed by atoms with E-state index in [0.717, 1.165) is 23.3 Å². The Morgan fingerprint density at radius 2 is 2.00 bits per heavy atom. The number of rotatable bonds is 5. The number of hydrogen-bond donors (Lipinski definition) is 1. The van der Waals surface area contributed by atoms with Crippen molar-refractivity contribution >= 4 is 16.8 Å². The van der Waals surface area contributed by atoms with Crippen molar-refractivity contribution in [1.29, 1.82) is 0 Å². The van der Waals surface area contributed by atoms with Crippen LogP contribution in [0.25, 0.3) is 10.9 Å². The second-order valence-corrected chi connectivity index (χ2v) is 7.00. The first-order valence-corrected chi connectivity index (χ1v) is 9.16. The minimum atomic E-state index is -0.316. The second kappa shape index (κ2) is 6.91. The van der Waals surface area contributed by atoms with Crippen molar-refractivity contribution in [2.24, 2.45) is 0 Å². The lowest BCUT2D eigenvalue weighted by Crippen LogP contribution is -2.31. The summed E-state index contributed by atoms with van der Waals surface area (Å²) < 4.78 is 7.21. The van der Waals surface area contributed by atoms with Crippen LogP contribution in [-0.2, 0) is 12.8 Å². The SMILES string of the molecule is COc1ccc(CCNC(=O)c2cn3c4c(cccc4c2=O)C[C@@H]3C)cc1. The summed E-state index contributed by atoms with van der Waals surface area (Å²) in [5.41, 5.74) is 3.25. The Hall–Kier alpha value is -3.08. The maximum Gasteiger partial charge on any atom is 0.256 e. The summed E-state index contributed by atoms with van der Waals surface area (Å²) in [6, 6.07) is 13.7. The van der Waals surface area contributed by atoms with Crippen LogP contribution >= 0.6 is 0 Å². The Bertz CT molecular complexity index is 1070. The molecule has 1 amide bonds. The highest BCUT2D eigenvalue weighted by Crippen LogP contribution is 2.30. The third-order valence-corrected chi connectivity index (χ3v) is 5.23. The molecule has 4 rings (SSSR count). The van der Waals surface area contributed by atoms with Gasteiger partial charge in [0.25, 0.3) is 5.91 Å². The van der Waals surface area contributed by atoms with Gasteiger partial charge < -0.3 is 14.6 Å². The number of nitrogens with zero attached hydrogens (tertiary/aromatic N) is 1. The van der Waals surface area contributed by atoms with Crippen LogP contribution in [0.5, 0.6) is 5.75 Å². The van der Waals surface area contributed by atoms with E-state index in [-0.39, 0.29) is 22.9 Å². The Morgan fingerprint density at radius 3 is 2.74 bits per heavy atom. The first-order valence-electron chi connectivity index (χ1n) is 9.16. The van der Waals surface area contributed by atoms with Gasteiger partial charge in [0.05, 0.1) is 12.6 Å². The van der Waals surface area contributed by atoms with Crippen molar-refractivity contribution in [2.75, 3.05) is 13.7 Å². The highest BCUT2D eigenvalue weighted by molar-refractivity contribution is 5.98. The number of benzene rings is 2. The Kier molecular flexibility index (Phi) is 4.44. The molecule has 1 atom stereocenters. The number of aromatic nitrogens is 1. The lowest BCUT2D eigenvalue weighted by atomic mass is 10.1. The van der Waals surface area contributed by atoms with Crippen LogP contribution in [0, 0.1) is 0 Å². The fourth-order valence-electron chi connectivity index (χ4n) is 3.79. The molecule has 0 spiro atoms. The Labute approximate surface area is 157 Å². The summed E-state index contributed by atoms with van der Waals surface area (Å²) >= 11 is 0. The van der Waals surface area contributed by atoms with Gasteiger partial charge in [0.15, 0.2) is 0 Å². The normalized spacial score (nSPS) is 15.1. The van der Waals surface area contributed by atoms with Crippen LogP contribution in [0.15, 0.2) is 53.5 Å². The zero-order valence-electron chi connectivity index (χ0n) is 15.5. The van der Waals surface area contributed by atoms with Crippen LogP contribution in [0.2, 0.25) is 0 Å². The van der Waals surface area contributed by atoms with Gasteiger partial charge in [0.2, 0.25) is 5.43 Å². The quantitative estimate of drug-likeness (QED) is 0.759. The van der Waals surface area contributed by atoms with Crippen molar-refractivity contribution in [3.8, 4) is 5.75 Å². The van der Waals surface area contributed by atoms with Gasteiger partial charge in [-0.1, -0.05) is 24.3 Å². The van der Waals surface area contributed by atoms with Crippen LogP contribution in [0.1, 0.15) is 34.5 Å². The molecule has 5 nitrogen and oxygen atoms in total. The molecule has 0 saturated heterocycles. The molecular weight excluding hydrogens is 340 g/mol. The summed E-state index contributed by atoms with van der Waals surface area (Å²) in [6.45, 7) is 2.58. The third-order valence-electron chi connectivity index (χ3n) is 5.23. The number of para-hydroxylation sites is 1. The molecule has 1 aromatic heterocycles. The molecule has 0 aliphatic carbocycles. The fraction of sp³-hybridized carbons (Fsp3) is 0.273. The lowest BCUT2D eigenvalue weighted by Gasteiger charge is -2.12. The van der Waals surface area contributed by atoms with Crippen molar-refractivity contribution in [3.63, 3.8) is 0 Å². The van der Waals surface area contributed by atoms with Crippen LogP contribution < -0.4 is 15.5 Å². The van der Waals surface area contributed by atoms with E-state index in [1.165, 1.54) is 5.56 Å². The average Bonchev–Trinajstić information content (AvgIpc) is 3.01. The van der Waals surface area contributed by atoms with Crippen molar-refractivity contribution in [2.45, 2.75) is 25.8 Å². The van der Waals surface area contributed by atoms with E-state index >= 15 is 0 Å². The number of methoxy groups -OCH3 is 1. The highest BCUT2D eigenvalue weighted by atomic mass is 16.5. The smallest absolute Gasteiger partial charge is 0.256 e. The molecule has 1 N–H and O–H groups in total. The number of ether oxygens (including phenoxy) is 1. The number of carbonyl (C=O) groups is 1. The standard InChI is InChI=1S/C22H22N2O3/c1-14-12-16-4-3-5-18-20(16)24(14)13-19(21(18)25)22(26)23-11-10-15-6-8-17(27-2)9-7-15/h3-9,13-14H,10-12H2,1-2H3,(H,23,26)/t14-/m0/s1. The maximum atomic E-state index is 12.8. The largest absolute Gasteiger partial charge is 0.497 e. The molecule has 1 aliphatic heterocycles. The van der Waals surface area contributed by atoms with E-state index in [1.807, 2.05) is 36.4 Å². The van der Waals surface area contributed by atoms with Crippen molar-refractivity contribution in [1.82, 2.24) is 9.88 Å². The number of amides is 1. The van der Waals surface area contributed by atoms with Gasteiger partial charge >= 0.3 is 0 Å². The molecule has 0 radical (unpaired) electrons. The van der Waals surface area contributed by atoms with Crippen molar-refractivity contribution < 1.29 is 9.53 Å². The first kappa shape index (κ1) is 17.3. The van der Waals surface area contributed by atoms with Gasteiger partial charge in [0.1, 0.15) is 11.3 Å². The summed E-state index contributed by atoms with van der Waals surface area (Å²) in [6.07, 6.45) is 3.30. The minimum Gasteiger partial charge on any atom is -0.497 e. The molecule has 138 valence electrons. The highest BCUT2D eigenvalue weighted by Gasteiger charge is 2.24. The molecule has 0 saturated carbocycles. The predicted octanol–water partition coefficient (Wildman–Crippen LogP) is 3.10. The zero-order valence-corrected chi connectivity index (χ0v) is 15.5. The Morgan fingerprint density at radius 1 is 1.22 bits per heavy atom. The molecule has 0 fully saturated rings. The number of carbonyl (C=O) groups excluding carboxylic acids is 1. The summed E-state index contributed by atoms with van der Waals surface area (Å²) in [4.78, 5) is 25.5. The molecule has 3 aromatic rings. The molecular formula is C22H22N2O3. The molecule has 2 heterocycles. The van der Waals surface area contributed by atoms with E-state index in [9.17, 15) is 9.59 Å². The van der Waals surface area contributed by atoms with Crippen LogP contribution in [-0.4, -0.2) is 24.1 Å². The number of pyridine rings is 1. The monoisotopic (exact) mass is 362 g/mol. The molecule has 0 bridgehead atoms. The van der Waals surface area contributed by atoms with Crippen LogP contribution in [0.3, 0.4) is 0 Å². The lowest BCUT2D eigenvalue weighted by molar-refractivity contribution is 0.0952. The molecule has 0 unspecified atom stereocenters. The molecule has 27 heavy (non-hydrogen) atoms. The van der Waals surface area contributed by atoms with Crippen LogP contribution in [0.4, 0.5) is 0 Å². The van der Waals surface area contributed by atoms with E-state index in [0.29, 0.717) is 18.4 Å². The summed E-state index contributed by atoms with van der Waals surface area (Å²) in [5, 5.41) is 3.51. The van der Waals surface area contributed by atoms with Gasteiger partial charge in [-0.05, 0) is 49.1 Å². The second-order valence-electron chi connectivity index (χ2n) is 7.00. The van der Waals surface area contributed by atoms with E-state index < -0.39 is 0 Å². The summed E-state index contributed by atoms with van der Waals surface area (Å²) in [5.74, 6) is 0.488. The third kappa shape index (κ3) is 3.10. The fourth-order valence-corrected chi connectivity index (χ4v) is 3.79. The molecule has 2 aromatic carbocycles. The van der Waals surface area contributed by atoms with E-state index in [2.05, 4.69) is 22.9 Å². The minimum absolute atomic E-state index is 0.195. The molecule has 1 aliphatic rings. The first-order chi connectivity index (χ1) is 13.1. The molecule has 5 heteroatoms. The van der Waals surface area contributed by atoms with Gasteiger partial charge in [-0.15, -0.1) is 0 Å². The Balaban J connectivity index is 1.53. The van der Waals surface area contributed by atoms with E-state index in [1.54, 1.807) is 13.3 Å². The zero-order chi connectivity index (χ0) is 19.0. The van der Waals surface area contributed by atoms with Crippen molar-refractivity contribution in [3.05, 3.63) is 75.6 Å². The van der Waals surface area contributed by atoms with Gasteiger partial charge in [-0.25, -0.2) is 0 Å². The van der Waals surface area contributed by atoms with Gasteiger partial charge in [-0.3, -0.25) is 9.59 Å². The maximum absolute atomic E-state index is 12.8. The van der Waals surface area contributed by atoms with Gasteiger partial charge in [0, 0.05) is 24.2 Å². The van der Waals surface area contributed by atoms with E-state index in [4.69, 9.17) is 4.74 Å². The van der Waals surface area contributed by atoms with Gasteiger partial charge in [-0.2, -0.15) is 0 Å². The number of hydrogen-bond acceptors (Lipinski definition) is 3.